The number of ether oxygens (including phenoxy) is 2. The summed E-state index contributed by atoms with van der Waals surface area (Å²) in [4.78, 5) is 24.9. The van der Waals surface area contributed by atoms with E-state index in [1.807, 2.05) is 0 Å². The van der Waals surface area contributed by atoms with Gasteiger partial charge in [0.15, 0.2) is 11.6 Å². The highest BCUT2D eigenvalue weighted by Gasteiger charge is 2.23. The van der Waals surface area contributed by atoms with Crippen LogP contribution in [0.15, 0.2) is 28.6 Å². The Labute approximate surface area is 131 Å². The summed E-state index contributed by atoms with van der Waals surface area (Å²) in [6, 6.07) is 1.19. The van der Waals surface area contributed by atoms with Crippen LogP contribution in [0.5, 0.6) is 5.75 Å². The van der Waals surface area contributed by atoms with E-state index in [0.717, 1.165) is 0 Å². The van der Waals surface area contributed by atoms with Gasteiger partial charge < -0.3 is 14.8 Å². The maximum Gasteiger partial charge on any atom is 0.411 e. The summed E-state index contributed by atoms with van der Waals surface area (Å²) < 4.78 is 33.7. The molecule has 0 atom stereocenters. The minimum atomic E-state index is -3.11. The third-order valence-electron chi connectivity index (χ3n) is 2.06. The zero-order chi connectivity index (χ0) is 16.7. The summed E-state index contributed by atoms with van der Waals surface area (Å²) >= 11 is 3.02. The Morgan fingerprint density at radius 3 is 2.86 bits per heavy atom. The smallest absolute Gasteiger partial charge is 0.411 e. The molecule has 0 amide bonds. The largest absolute Gasteiger partial charge is 0.458 e. The fourth-order valence-electron chi connectivity index (χ4n) is 1.24. The highest BCUT2D eigenvalue weighted by atomic mass is 79.9. The number of carbonyl (C=O) groups excluding carboxylic acids is 1. The average Bonchev–Trinajstić information content (AvgIpc) is 2.40. The van der Waals surface area contributed by atoms with Crippen molar-refractivity contribution in [2.75, 3.05) is 11.9 Å². The lowest BCUT2D eigenvalue weighted by atomic mass is 10.4. The standard InChI is InChI=1S/C11H10BrF2N3O5/c1-2-21-10(18)7(17(19)20)5-16-9-8(22-11(13)14)3-6(12)4-15-9/h3-5,11H,2H2,1H3,(H,15,16). The van der Waals surface area contributed by atoms with Gasteiger partial charge in [-0.3, -0.25) is 10.1 Å². The molecule has 0 saturated heterocycles. The number of hydrogen-bond acceptors (Lipinski definition) is 7. The van der Waals surface area contributed by atoms with Gasteiger partial charge in [-0.05, 0) is 28.9 Å². The van der Waals surface area contributed by atoms with Gasteiger partial charge in [0.05, 0.1) is 17.7 Å². The number of rotatable bonds is 7. The van der Waals surface area contributed by atoms with E-state index in [1.165, 1.54) is 19.2 Å². The SMILES string of the molecule is CCOC(=O)C(=CNc1ncc(Br)cc1OC(F)F)[N+](=O)[O-]. The van der Waals surface area contributed by atoms with Crippen LogP contribution in [0.1, 0.15) is 6.92 Å². The van der Waals surface area contributed by atoms with Crippen LogP contribution < -0.4 is 10.1 Å². The number of nitrogens with zero attached hydrogens (tertiary/aromatic N) is 2. The van der Waals surface area contributed by atoms with Gasteiger partial charge in [0.25, 0.3) is 0 Å². The Morgan fingerprint density at radius 2 is 2.32 bits per heavy atom. The predicted molar refractivity (Wildman–Crippen MR) is 73.9 cm³/mol. The molecule has 120 valence electrons. The highest BCUT2D eigenvalue weighted by molar-refractivity contribution is 9.10. The number of nitrogens with one attached hydrogen (secondary N) is 1. The van der Waals surface area contributed by atoms with Crippen LogP contribution in [-0.4, -0.2) is 29.1 Å². The first-order chi connectivity index (χ1) is 10.3. The molecule has 1 N–H and O–H groups in total. The minimum Gasteiger partial charge on any atom is -0.458 e. The summed E-state index contributed by atoms with van der Waals surface area (Å²) in [5.41, 5.74) is -0.908. The Bertz CT molecular complexity index is 597. The molecule has 1 rings (SSSR count). The molecule has 0 aromatic carbocycles. The fraction of sp³-hybridized carbons (Fsp3) is 0.273. The average molecular weight is 382 g/mol. The first-order valence-corrected chi connectivity index (χ1v) is 6.53. The molecule has 0 bridgehead atoms. The van der Waals surface area contributed by atoms with E-state index in [2.05, 4.69) is 35.7 Å². The number of hydrogen-bond donors (Lipinski definition) is 1. The summed E-state index contributed by atoms with van der Waals surface area (Å²) in [5.74, 6) is -1.76. The van der Waals surface area contributed by atoms with Gasteiger partial charge >= 0.3 is 18.3 Å². The second kappa shape index (κ2) is 8.22. The Balaban J connectivity index is 3.03. The van der Waals surface area contributed by atoms with E-state index < -0.39 is 23.2 Å². The molecule has 0 unspecified atom stereocenters. The minimum absolute atomic E-state index is 0.0553. The number of carbonyl (C=O) groups is 1. The van der Waals surface area contributed by atoms with Crippen molar-refractivity contribution in [2.45, 2.75) is 13.5 Å². The number of esters is 1. The van der Waals surface area contributed by atoms with Crippen molar-refractivity contribution in [1.29, 1.82) is 0 Å². The maximum absolute atomic E-state index is 12.3. The van der Waals surface area contributed by atoms with Crippen LogP contribution in [-0.2, 0) is 9.53 Å². The van der Waals surface area contributed by atoms with Gasteiger partial charge in [0.1, 0.15) is 0 Å². The van der Waals surface area contributed by atoms with Crippen molar-refractivity contribution >= 4 is 27.7 Å². The molecular weight excluding hydrogens is 372 g/mol. The molecule has 0 spiro atoms. The summed E-state index contributed by atoms with van der Waals surface area (Å²) in [5, 5.41) is 13.0. The van der Waals surface area contributed by atoms with Gasteiger partial charge in [0, 0.05) is 10.7 Å². The van der Waals surface area contributed by atoms with Crippen molar-refractivity contribution in [1.82, 2.24) is 4.98 Å². The lowest BCUT2D eigenvalue weighted by molar-refractivity contribution is -0.421. The molecule has 0 aliphatic carbocycles. The van der Waals surface area contributed by atoms with Crippen molar-refractivity contribution in [3.8, 4) is 5.75 Å². The lowest BCUT2D eigenvalue weighted by Crippen LogP contribution is -2.16. The number of alkyl halides is 2. The molecule has 1 aromatic heterocycles. The number of anilines is 1. The lowest BCUT2D eigenvalue weighted by Gasteiger charge is -2.09. The number of pyridine rings is 1. The maximum atomic E-state index is 12.3. The van der Waals surface area contributed by atoms with Crippen molar-refractivity contribution in [2.24, 2.45) is 0 Å². The second-order valence-electron chi connectivity index (χ2n) is 3.53. The molecule has 0 saturated carbocycles. The first-order valence-electron chi connectivity index (χ1n) is 5.73. The van der Waals surface area contributed by atoms with Crippen LogP contribution in [0.25, 0.3) is 0 Å². The third kappa shape index (κ3) is 5.24. The quantitative estimate of drug-likeness (QED) is 0.335. The Morgan fingerprint density at radius 1 is 1.64 bits per heavy atom. The van der Waals surface area contributed by atoms with Gasteiger partial charge in [0.2, 0.25) is 0 Å². The van der Waals surface area contributed by atoms with Gasteiger partial charge in [-0.15, -0.1) is 0 Å². The topological polar surface area (TPSA) is 104 Å². The summed E-state index contributed by atoms with van der Waals surface area (Å²) in [6.07, 6.45) is 1.94. The molecule has 8 nitrogen and oxygen atoms in total. The Hall–Kier alpha value is -2.30. The molecule has 1 aromatic rings. The molecule has 0 fully saturated rings. The van der Waals surface area contributed by atoms with Crippen LogP contribution in [0.3, 0.4) is 0 Å². The first kappa shape index (κ1) is 17.8. The monoisotopic (exact) mass is 381 g/mol. The normalized spacial score (nSPS) is 11.2. The number of aromatic nitrogens is 1. The zero-order valence-corrected chi connectivity index (χ0v) is 12.7. The number of halogens is 3. The van der Waals surface area contributed by atoms with Gasteiger partial charge in [-0.25, -0.2) is 9.78 Å². The van der Waals surface area contributed by atoms with E-state index in [9.17, 15) is 23.7 Å². The molecule has 11 heteroatoms. The highest BCUT2D eigenvalue weighted by Crippen LogP contribution is 2.27. The molecule has 0 radical (unpaired) electrons. The van der Waals surface area contributed by atoms with Crippen LogP contribution in [0.2, 0.25) is 0 Å². The van der Waals surface area contributed by atoms with E-state index in [4.69, 9.17) is 0 Å². The van der Waals surface area contributed by atoms with Crippen LogP contribution >= 0.6 is 15.9 Å². The third-order valence-corrected chi connectivity index (χ3v) is 2.50. The molecule has 1 heterocycles. The molecule has 0 aliphatic heterocycles. The predicted octanol–water partition coefficient (Wildman–Crippen LogP) is 2.54. The van der Waals surface area contributed by atoms with Crippen LogP contribution in [0, 0.1) is 10.1 Å². The molecular formula is C11H10BrF2N3O5. The van der Waals surface area contributed by atoms with Gasteiger partial charge in [-0.1, -0.05) is 0 Å². The van der Waals surface area contributed by atoms with Crippen LogP contribution in [0.4, 0.5) is 14.6 Å². The van der Waals surface area contributed by atoms with E-state index in [1.54, 1.807) is 0 Å². The van der Waals surface area contributed by atoms with E-state index in [-0.39, 0.29) is 18.2 Å². The van der Waals surface area contributed by atoms with Crippen molar-refractivity contribution in [3.05, 3.63) is 38.7 Å². The molecule has 0 aliphatic rings. The second-order valence-corrected chi connectivity index (χ2v) is 4.45. The Kier molecular flexibility index (Phi) is 6.63. The van der Waals surface area contributed by atoms with E-state index in [0.29, 0.717) is 10.7 Å². The fourth-order valence-corrected chi connectivity index (χ4v) is 1.55. The molecule has 22 heavy (non-hydrogen) atoms. The van der Waals surface area contributed by atoms with E-state index >= 15 is 0 Å². The van der Waals surface area contributed by atoms with Crippen molar-refractivity contribution < 1.29 is 28.0 Å². The zero-order valence-electron chi connectivity index (χ0n) is 11.1. The number of nitro groups is 1. The summed E-state index contributed by atoms with van der Waals surface area (Å²) in [6.45, 7) is -1.69. The van der Waals surface area contributed by atoms with Crippen molar-refractivity contribution in [3.63, 3.8) is 0 Å². The van der Waals surface area contributed by atoms with Gasteiger partial charge in [-0.2, -0.15) is 8.78 Å². The summed E-state index contributed by atoms with van der Waals surface area (Å²) in [7, 11) is 0.